The summed E-state index contributed by atoms with van der Waals surface area (Å²) in [6.45, 7) is 1.83. The Morgan fingerprint density at radius 1 is 1.41 bits per heavy atom. The van der Waals surface area contributed by atoms with Gasteiger partial charge >= 0.3 is 8.25 Å². The lowest BCUT2D eigenvalue weighted by atomic mass is 10.2. The Hall–Kier alpha value is -1.49. The van der Waals surface area contributed by atoms with Gasteiger partial charge in [0.1, 0.15) is 6.61 Å². The number of hydrogen-bond donors (Lipinski definition) is 2. The second kappa shape index (κ2) is 6.96. The van der Waals surface area contributed by atoms with Gasteiger partial charge in [-0.2, -0.15) is 0 Å². The van der Waals surface area contributed by atoms with Crippen molar-refractivity contribution in [2.24, 2.45) is 0 Å². The van der Waals surface area contributed by atoms with Gasteiger partial charge in [-0.3, -0.25) is 10.0 Å². The molecule has 1 amide bonds. The van der Waals surface area contributed by atoms with Gasteiger partial charge in [-0.15, -0.1) is 4.52 Å². The van der Waals surface area contributed by atoms with E-state index >= 15 is 0 Å². The van der Waals surface area contributed by atoms with Gasteiger partial charge in [0, 0.05) is 4.57 Å². The summed E-state index contributed by atoms with van der Waals surface area (Å²) in [7, 11) is -2.31. The van der Waals surface area contributed by atoms with E-state index in [1.165, 1.54) is 5.48 Å². The summed E-state index contributed by atoms with van der Waals surface area (Å²) in [5, 5.41) is 8.20. The largest absolute Gasteiger partial charge is 0.750 e. The number of nitrogens with one attached hydrogen (secondary N) is 1. The summed E-state index contributed by atoms with van der Waals surface area (Å²) in [6.07, 6.45) is -0.0885. The lowest BCUT2D eigenvalue weighted by molar-refractivity contribution is -0.129. The Morgan fingerprint density at radius 3 is 2.65 bits per heavy atom. The van der Waals surface area contributed by atoms with E-state index in [-0.39, 0.29) is 13.0 Å². The number of carbonyl (C=O) groups excluding carboxylic acids is 1. The fourth-order valence-corrected chi connectivity index (χ4v) is 1.57. The SMILES string of the molecule is Cc1ccc(O[P+](=O)OCCC(=O)NO)cc1. The quantitative estimate of drug-likeness (QED) is 0.462. The van der Waals surface area contributed by atoms with Crippen LogP contribution in [0.4, 0.5) is 0 Å². The van der Waals surface area contributed by atoms with Crippen molar-refractivity contribution in [3.05, 3.63) is 29.8 Å². The van der Waals surface area contributed by atoms with Crippen LogP contribution in [-0.2, 0) is 13.9 Å². The second-order valence-corrected chi connectivity index (χ2v) is 4.13. The van der Waals surface area contributed by atoms with E-state index in [1.54, 1.807) is 12.1 Å². The van der Waals surface area contributed by atoms with Gasteiger partial charge in [0.15, 0.2) is 5.75 Å². The van der Waals surface area contributed by atoms with E-state index in [2.05, 4.69) is 0 Å². The van der Waals surface area contributed by atoms with E-state index in [0.29, 0.717) is 5.75 Å². The second-order valence-electron chi connectivity index (χ2n) is 3.25. The minimum absolute atomic E-state index is 0.0885. The highest BCUT2D eigenvalue weighted by molar-refractivity contribution is 7.33. The number of benzene rings is 1. The van der Waals surface area contributed by atoms with Crippen LogP contribution >= 0.6 is 8.25 Å². The first-order valence-electron chi connectivity index (χ1n) is 4.89. The Balaban J connectivity index is 2.30. The Morgan fingerprint density at radius 2 is 2.06 bits per heavy atom. The van der Waals surface area contributed by atoms with Crippen molar-refractivity contribution in [3.63, 3.8) is 0 Å². The monoisotopic (exact) mass is 258 g/mol. The molecule has 0 saturated heterocycles. The van der Waals surface area contributed by atoms with Gasteiger partial charge in [-0.05, 0) is 19.1 Å². The molecule has 1 atom stereocenters. The molecule has 0 aliphatic rings. The Kier molecular flexibility index (Phi) is 5.56. The average Bonchev–Trinajstić information content (AvgIpc) is 2.32. The van der Waals surface area contributed by atoms with E-state index in [1.807, 2.05) is 19.1 Å². The highest BCUT2D eigenvalue weighted by Crippen LogP contribution is 2.27. The maximum atomic E-state index is 11.3. The van der Waals surface area contributed by atoms with Gasteiger partial charge in [0.25, 0.3) is 0 Å². The molecule has 0 heterocycles. The van der Waals surface area contributed by atoms with E-state index in [4.69, 9.17) is 14.3 Å². The molecule has 0 aliphatic carbocycles. The maximum absolute atomic E-state index is 11.3. The van der Waals surface area contributed by atoms with Gasteiger partial charge in [-0.25, -0.2) is 10.0 Å². The average molecular weight is 258 g/mol. The molecule has 17 heavy (non-hydrogen) atoms. The lowest BCUT2D eigenvalue weighted by Crippen LogP contribution is -2.19. The number of amides is 1. The zero-order valence-corrected chi connectivity index (χ0v) is 10.1. The zero-order chi connectivity index (χ0) is 12.7. The number of hydrogen-bond acceptors (Lipinski definition) is 5. The standard InChI is InChI=1S/C10H12NO5P/c1-8-2-4-9(5-3-8)16-17(14)15-7-6-10(12)11-13/h2-5H,6-7H2,1H3,(H-,11,12,13)/p+1. The van der Waals surface area contributed by atoms with Crippen LogP contribution in [0.25, 0.3) is 0 Å². The predicted molar refractivity (Wildman–Crippen MR) is 59.9 cm³/mol. The molecule has 0 spiro atoms. The lowest BCUT2D eigenvalue weighted by Gasteiger charge is -1.95. The van der Waals surface area contributed by atoms with Gasteiger partial charge in [-0.1, -0.05) is 17.7 Å². The summed E-state index contributed by atoms with van der Waals surface area (Å²) in [6, 6.07) is 6.98. The van der Waals surface area contributed by atoms with E-state index in [0.717, 1.165) is 5.56 Å². The summed E-state index contributed by atoms with van der Waals surface area (Å²) in [5.41, 5.74) is 2.50. The number of hydroxylamine groups is 1. The number of carbonyl (C=O) groups is 1. The van der Waals surface area contributed by atoms with Crippen molar-refractivity contribution >= 4 is 14.2 Å². The van der Waals surface area contributed by atoms with Crippen molar-refractivity contribution in [2.45, 2.75) is 13.3 Å². The van der Waals surface area contributed by atoms with Crippen LogP contribution < -0.4 is 10.0 Å². The summed E-state index contributed by atoms with van der Waals surface area (Å²) < 4.78 is 21.0. The van der Waals surface area contributed by atoms with Crippen LogP contribution in [0.2, 0.25) is 0 Å². The van der Waals surface area contributed by atoms with Crippen LogP contribution in [0.5, 0.6) is 5.75 Å². The van der Waals surface area contributed by atoms with Gasteiger partial charge < -0.3 is 0 Å². The Bertz CT molecular complexity index is 392. The summed E-state index contributed by atoms with van der Waals surface area (Å²) in [5.74, 6) is -0.174. The van der Waals surface area contributed by atoms with E-state index in [9.17, 15) is 9.36 Å². The molecule has 2 N–H and O–H groups in total. The molecule has 1 unspecified atom stereocenters. The molecule has 1 aromatic rings. The van der Waals surface area contributed by atoms with Crippen molar-refractivity contribution in [1.82, 2.24) is 5.48 Å². The van der Waals surface area contributed by atoms with Crippen LogP contribution in [0.15, 0.2) is 24.3 Å². The minimum Gasteiger partial charge on any atom is -0.289 e. The summed E-state index contributed by atoms with van der Waals surface area (Å²) in [4.78, 5) is 10.6. The molecule has 7 heteroatoms. The third kappa shape index (κ3) is 5.40. The van der Waals surface area contributed by atoms with Crippen LogP contribution in [0.3, 0.4) is 0 Å². The molecule has 1 aromatic carbocycles. The molecule has 0 bridgehead atoms. The molecule has 0 aromatic heterocycles. The molecule has 0 saturated carbocycles. The number of rotatable bonds is 6. The molecule has 0 radical (unpaired) electrons. The van der Waals surface area contributed by atoms with Crippen LogP contribution in [0, 0.1) is 6.92 Å². The molecule has 0 aliphatic heterocycles. The van der Waals surface area contributed by atoms with E-state index < -0.39 is 14.2 Å². The topological polar surface area (TPSA) is 84.9 Å². The zero-order valence-electron chi connectivity index (χ0n) is 9.25. The Labute approximate surface area is 99.5 Å². The third-order valence-electron chi connectivity index (χ3n) is 1.85. The molecule has 0 fully saturated rings. The molecule has 92 valence electrons. The molecule has 1 rings (SSSR count). The van der Waals surface area contributed by atoms with Crippen molar-refractivity contribution in [2.75, 3.05) is 6.61 Å². The summed E-state index contributed by atoms with van der Waals surface area (Å²) >= 11 is 0. The molecular weight excluding hydrogens is 245 g/mol. The maximum Gasteiger partial charge on any atom is 0.750 e. The first-order valence-corrected chi connectivity index (χ1v) is 5.99. The van der Waals surface area contributed by atoms with Crippen molar-refractivity contribution in [1.29, 1.82) is 0 Å². The predicted octanol–water partition coefficient (Wildman–Crippen LogP) is 1.94. The van der Waals surface area contributed by atoms with Crippen molar-refractivity contribution in [3.8, 4) is 5.75 Å². The van der Waals surface area contributed by atoms with Crippen LogP contribution in [0.1, 0.15) is 12.0 Å². The molecule has 6 nitrogen and oxygen atoms in total. The highest BCUT2D eigenvalue weighted by atomic mass is 31.1. The highest BCUT2D eigenvalue weighted by Gasteiger charge is 2.22. The van der Waals surface area contributed by atoms with Gasteiger partial charge in [0.05, 0.1) is 6.42 Å². The smallest absolute Gasteiger partial charge is 0.289 e. The van der Waals surface area contributed by atoms with Crippen LogP contribution in [-0.4, -0.2) is 17.7 Å². The normalized spacial score (nSPS) is 10.8. The van der Waals surface area contributed by atoms with Crippen molar-refractivity contribution < 1.29 is 23.6 Å². The third-order valence-corrected chi connectivity index (χ3v) is 2.60. The fourth-order valence-electron chi connectivity index (χ4n) is 0.980. The minimum atomic E-state index is -2.31. The first-order chi connectivity index (χ1) is 8.11. The number of aryl methyl sites for hydroxylation is 1. The first kappa shape index (κ1) is 13.6. The van der Waals surface area contributed by atoms with Gasteiger partial charge in [0.2, 0.25) is 5.91 Å². The molecular formula is C10H13NO5P+. The fraction of sp³-hybridized carbons (Fsp3) is 0.300.